The van der Waals surface area contributed by atoms with Crippen LogP contribution in [0.25, 0.3) is 0 Å². The number of aryl methyl sites for hydroxylation is 2. The lowest BCUT2D eigenvalue weighted by atomic mass is 9.53. The van der Waals surface area contributed by atoms with Gasteiger partial charge in [-0.3, -0.25) is 0 Å². The maximum absolute atomic E-state index is 3.74. The van der Waals surface area contributed by atoms with E-state index in [1.165, 1.54) is 30.4 Å². The lowest BCUT2D eigenvalue weighted by Gasteiger charge is -2.55. The van der Waals surface area contributed by atoms with Gasteiger partial charge in [0.25, 0.3) is 0 Å². The van der Waals surface area contributed by atoms with Crippen LogP contribution in [0.2, 0.25) is 0 Å². The van der Waals surface area contributed by atoms with Crippen LogP contribution in [0.15, 0.2) is 18.2 Å². The first-order valence-corrected chi connectivity index (χ1v) is 7.83. The normalized spacial score (nSPS) is 30.2. The average Bonchev–Trinajstić information content (AvgIpc) is 2.40. The van der Waals surface area contributed by atoms with Gasteiger partial charge < -0.3 is 5.32 Å². The topological polar surface area (TPSA) is 12.0 Å². The first kappa shape index (κ1) is 14.6. The van der Waals surface area contributed by atoms with Gasteiger partial charge in [0.05, 0.1) is 0 Å². The molecule has 0 radical (unpaired) electrons. The molecule has 0 aromatic heterocycles. The van der Waals surface area contributed by atoms with Crippen molar-refractivity contribution in [2.75, 3.05) is 6.54 Å². The summed E-state index contributed by atoms with van der Waals surface area (Å²) >= 11 is 0. The van der Waals surface area contributed by atoms with Crippen LogP contribution in [0.4, 0.5) is 0 Å². The van der Waals surface area contributed by atoms with Crippen molar-refractivity contribution < 1.29 is 0 Å². The molecule has 1 aliphatic rings. The van der Waals surface area contributed by atoms with Crippen LogP contribution in [0.5, 0.6) is 0 Å². The van der Waals surface area contributed by atoms with E-state index in [1.807, 2.05) is 0 Å². The Morgan fingerprint density at radius 3 is 2.63 bits per heavy atom. The van der Waals surface area contributed by atoms with Gasteiger partial charge in [0.15, 0.2) is 0 Å². The third-order valence-electron chi connectivity index (χ3n) is 5.28. The molecule has 19 heavy (non-hydrogen) atoms. The second kappa shape index (κ2) is 5.66. The van der Waals surface area contributed by atoms with E-state index in [1.54, 1.807) is 5.56 Å². The van der Waals surface area contributed by atoms with Crippen molar-refractivity contribution in [2.45, 2.75) is 65.8 Å². The number of hydrogen-bond acceptors (Lipinski definition) is 1. The van der Waals surface area contributed by atoms with E-state index in [0.29, 0.717) is 11.5 Å². The lowest BCUT2D eigenvalue weighted by molar-refractivity contribution is 0.0441. The molecular formula is C18H29N. The predicted octanol–water partition coefficient (Wildman–Crippen LogP) is 4.58. The van der Waals surface area contributed by atoms with Crippen LogP contribution < -0.4 is 5.32 Å². The van der Waals surface area contributed by atoms with Crippen molar-refractivity contribution in [1.82, 2.24) is 5.32 Å². The van der Waals surface area contributed by atoms with Crippen molar-refractivity contribution in [2.24, 2.45) is 5.41 Å². The number of benzene rings is 1. The van der Waals surface area contributed by atoms with Gasteiger partial charge in [-0.05, 0) is 62.1 Å². The van der Waals surface area contributed by atoms with Gasteiger partial charge in [0, 0.05) is 6.04 Å². The minimum Gasteiger partial charge on any atom is -0.313 e. The SMILES string of the molecule is CCCNC1CC(c2cc(C)ccc2C)C1(C)CC. The number of hydrogen-bond donors (Lipinski definition) is 1. The summed E-state index contributed by atoms with van der Waals surface area (Å²) in [4.78, 5) is 0. The first-order valence-electron chi connectivity index (χ1n) is 7.83. The summed E-state index contributed by atoms with van der Waals surface area (Å²) in [7, 11) is 0. The molecule has 106 valence electrons. The molecule has 1 fully saturated rings. The van der Waals surface area contributed by atoms with E-state index in [-0.39, 0.29) is 0 Å². The molecule has 1 aromatic rings. The zero-order valence-corrected chi connectivity index (χ0v) is 13.2. The largest absolute Gasteiger partial charge is 0.313 e. The van der Waals surface area contributed by atoms with E-state index in [2.05, 4.69) is 58.1 Å². The highest BCUT2D eigenvalue weighted by Gasteiger charge is 2.50. The van der Waals surface area contributed by atoms with Crippen LogP contribution in [0, 0.1) is 19.3 Å². The van der Waals surface area contributed by atoms with Crippen LogP contribution in [-0.4, -0.2) is 12.6 Å². The molecule has 3 unspecified atom stereocenters. The maximum atomic E-state index is 3.74. The molecule has 1 heteroatoms. The molecule has 3 atom stereocenters. The zero-order chi connectivity index (χ0) is 14.0. The minimum atomic E-state index is 0.424. The highest BCUT2D eigenvalue weighted by atomic mass is 15.0. The molecule has 0 saturated heterocycles. The molecule has 1 N–H and O–H groups in total. The Balaban J connectivity index is 2.20. The molecular weight excluding hydrogens is 230 g/mol. The number of nitrogens with one attached hydrogen (secondary N) is 1. The fourth-order valence-electron chi connectivity index (χ4n) is 3.60. The highest BCUT2D eigenvalue weighted by molar-refractivity contribution is 5.37. The molecule has 0 amide bonds. The van der Waals surface area contributed by atoms with Gasteiger partial charge in [-0.15, -0.1) is 0 Å². The fourth-order valence-corrected chi connectivity index (χ4v) is 3.60. The summed E-state index contributed by atoms with van der Waals surface area (Å²) in [6.07, 6.45) is 3.78. The third-order valence-corrected chi connectivity index (χ3v) is 5.28. The molecule has 0 heterocycles. The molecule has 1 nitrogen and oxygen atoms in total. The van der Waals surface area contributed by atoms with Crippen molar-refractivity contribution in [3.05, 3.63) is 34.9 Å². The van der Waals surface area contributed by atoms with Gasteiger partial charge in [0.2, 0.25) is 0 Å². The first-order chi connectivity index (χ1) is 9.02. The van der Waals surface area contributed by atoms with E-state index in [0.717, 1.165) is 12.5 Å². The van der Waals surface area contributed by atoms with Crippen LogP contribution in [0.3, 0.4) is 0 Å². The molecule has 1 aromatic carbocycles. The summed E-state index contributed by atoms with van der Waals surface area (Å²) < 4.78 is 0. The second-order valence-electron chi connectivity index (χ2n) is 6.51. The lowest BCUT2D eigenvalue weighted by Crippen LogP contribution is -2.57. The van der Waals surface area contributed by atoms with Crippen molar-refractivity contribution in [3.63, 3.8) is 0 Å². The van der Waals surface area contributed by atoms with Gasteiger partial charge >= 0.3 is 0 Å². The third kappa shape index (κ3) is 2.58. The Morgan fingerprint density at radius 2 is 2.00 bits per heavy atom. The fraction of sp³-hybridized carbons (Fsp3) is 0.667. The minimum absolute atomic E-state index is 0.424. The molecule has 1 saturated carbocycles. The predicted molar refractivity (Wildman–Crippen MR) is 83.8 cm³/mol. The van der Waals surface area contributed by atoms with Crippen LogP contribution in [-0.2, 0) is 0 Å². The van der Waals surface area contributed by atoms with Gasteiger partial charge in [-0.1, -0.05) is 44.5 Å². The Morgan fingerprint density at radius 1 is 1.26 bits per heavy atom. The van der Waals surface area contributed by atoms with E-state index in [4.69, 9.17) is 0 Å². The summed E-state index contributed by atoms with van der Waals surface area (Å²) in [5.41, 5.74) is 4.86. The van der Waals surface area contributed by atoms with E-state index < -0.39 is 0 Å². The van der Waals surface area contributed by atoms with Crippen molar-refractivity contribution >= 4 is 0 Å². The standard InChI is InChI=1S/C18H29N/c1-6-10-19-17-12-16(18(17,5)7-2)15-11-13(3)8-9-14(15)4/h8-9,11,16-17,19H,6-7,10,12H2,1-5H3. The van der Waals surface area contributed by atoms with Crippen molar-refractivity contribution in [3.8, 4) is 0 Å². The Kier molecular flexibility index (Phi) is 4.35. The molecule has 1 aliphatic carbocycles. The molecule has 2 rings (SSSR count). The zero-order valence-electron chi connectivity index (χ0n) is 13.2. The molecule has 0 spiro atoms. The maximum Gasteiger partial charge on any atom is 0.0133 e. The quantitative estimate of drug-likeness (QED) is 0.816. The van der Waals surface area contributed by atoms with Crippen LogP contribution in [0.1, 0.15) is 62.6 Å². The summed E-state index contributed by atoms with van der Waals surface area (Å²) in [5, 5.41) is 3.74. The van der Waals surface area contributed by atoms with Crippen LogP contribution >= 0.6 is 0 Å². The van der Waals surface area contributed by atoms with E-state index in [9.17, 15) is 0 Å². The molecule has 0 bridgehead atoms. The number of rotatable bonds is 5. The molecule has 0 aliphatic heterocycles. The van der Waals surface area contributed by atoms with Gasteiger partial charge in [0.1, 0.15) is 0 Å². The van der Waals surface area contributed by atoms with Gasteiger partial charge in [-0.2, -0.15) is 0 Å². The average molecular weight is 259 g/mol. The van der Waals surface area contributed by atoms with E-state index >= 15 is 0 Å². The monoisotopic (exact) mass is 259 g/mol. The highest BCUT2D eigenvalue weighted by Crippen LogP contribution is 2.55. The summed E-state index contributed by atoms with van der Waals surface area (Å²) in [6, 6.07) is 7.62. The summed E-state index contributed by atoms with van der Waals surface area (Å²) in [6.45, 7) is 12.7. The Hall–Kier alpha value is -0.820. The van der Waals surface area contributed by atoms with Crippen molar-refractivity contribution in [1.29, 1.82) is 0 Å². The smallest absolute Gasteiger partial charge is 0.0133 e. The summed E-state index contributed by atoms with van der Waals surface area (Å²) in [5.74, 6) is 0.728. The second-order valence-corrected chi connectivity index (χ2v) is 6.51. The van der Waals surface area contributed by atoms with Gasteiger partial charge in [-0.25, -0.2) is 0 Å². The Labute approximate surface area is 118 Å². The Bertz CT molecular complexity index is 437.